The predicted octanol–water partition coefficient (Wildman–Crippen LogP) is 1.95. The highest BCUT2D eigenvalue weighted by atomic mass is 16.5. The third-order valence-electron chi connectivity index (χ3n) is 5.98. The highest BCUT2D eigenvalue weighted by Crippen LogP contribution is 2.62. The third kappa shape index (κ3) is 1.89. The van der Waals surface area contributed by atoms with Crippen molar-refractivity contribution in [1.29, 1.82) is 0 Å². The van der Waals surface area contributed by atoms with Gasteiger partial charge in [0, 0.05) is 26.1 Å². The smallest absolute Gasteiger partial charge is 0.225 e. The fourth-order valence-corrected chi connectivity index (χ4v) is 5.04. The first kappa shape index (κ1) is 14.1. The van der Waals surface area contributed by atoms with E-state index in [1.54, 1.807) is 0 Å². The Labute approximate surface area is 131 Å². The molecule has 0 radical (unpaired) electrons. The van der Waals surface area contributed by atoms with E-state index in [4.69, 9.17) is 10.5 Å². The highest BCUT2D eigenvalue weighted by Gasteiger charge is 2.65. The first-order valence-corrected chi connectivity index (χ1v) is 8.18. The van der Waals surface area contributed by atoms with E-state index in [1.165, 1.54) is 11.1 Å². The van der Waals surface area contributed by atoms with Crippen LogP contribution in [0.5, 0.6) is 5.75 Å². The van der Waals surface area contributed by atoms with Crippen LogP contribution in [-0.4, -0.2) is 30.5 Å². The summed E-state index contributed by atoms with van der Waals surface area (Å²) >= 11 is 0. The van der Waals surface area contributed by atoms with Gasteiger partial charge in [-0.1, -0.05) is 26.0 Å². The molecule has 22 heavy (non-hydrogen) atoms. The van der Waals surface area contributed by atoms with E-state index >= 15 is 0 Å². The molecule has 1 aliphatic carbocycles. The standard InChI is InChI=1S/C18H24N2O2/c1-17(2)10-18(16(19)21)11-20(9-15(17)18)8-12-3-4-14-13(7-12)5-6-22-14/h3-4,7,15H,5-6,8-11H2,1-2H3,(H2,19,21)/t15-,18+/m1/s1. The van der Waals surface area contributed by atoms with Gasteiger partial charge < -0.3 is 10.5 Å². The molecule has 2 atom stereocenters. The van der Waals surface area contributed by atoms with Crippen molar-refractivity contribution in [3.63, 3.8) is 0 Å². The van der Waals surface area contributed by atoms with Crippen molar-refractivity contribution in [1.82, 2.24) is 4.90 Å². The lowest BCUT2D eigenvalue weighted by Gasteiger charge is -2.54. The van der Waals surface area contributed by atoms with E-state index in [0.29, 0.717) is 5.92 Å². The van der Waals surface area contributed by atoms with Crippen molar-refractivity contribution >= 4 is 5.91 Å². The van der Waals surface area contributed by atoms with Crippen molar-refractivity contribution in [3.8, 4) is 5.75 Å². The molecule has 0 spiro atoms. The zero-order valence-electron chi connectivity index (χ0n) is 13.4. The van der Waals surface area contributed by atoms with Crippen LogP contribution in [0.2, 0.25) is 0 Å². The minimum atomic E-state index is -0.288. The molecule has 0 unspecified atom stereocenters. The van der Waals surface area contributed by atoms with Gasteiger partial charge in [-0.15, -0.1) is 0 Å². The van der Waals surface area contributed by atoms with Crippen molar-refractivity contribution in [2.24, 2.45) is 22.5 Å². The molecule has 0 aromatic heterocycles. The Balaban J connectivity index is 1.52. The van der Waals surface area contributed by atoms with Gasteiger partial charge in [-0.25, -0.2) is 0 Å². The molecule has 1 aromatic carbocycles. The number of nitrogens with two attached hydrogens (primary N) is 1. The number of hydrogen-bond donors (Lipinski definition) is 1. The predicted molar refractivity (Wildman–Crippen MR) is 84.4 cm³/mol. The average molecular weight is 300 g/mol. The number of amides is 1. The number of likely N-dealkylation sites (tertiary alicyclic amines) is 1. The van der Waals surface area contributed by atoms with Gasteiger partial charge in [0.05, 0.1) is 12.0 Å². The lowest BCUT2D eigenvalue weighted by Crippen LogP contribution is -2.59. The summed E-state index contributed by atoms with van der Waals surface area (Å²) in [5.41, 5.74) is 8.30. The number of hydrogen-bond acceptors (Lipinski definition) is 3. The molecule has 4 rings (SSSR count). The van der Waals surface area contributed by atoms with Gasteiger partial charge in [-0.2, -0.15) is 0 Å². The summed E-state index contributed by atoms with van der Waals surface area (Å²) in [6.07, 6.45) is 1.93. The van der Waals surface area contributed by atoms with Crippen molar-refractivity contribution in [2.45, 2.75) is 33.2 Å². The normalized spacial score (nSPS) is 32.0. The first-order chi connectivity index (χ1) is 10.4. The van der Waals surface area contributed by atoms with Gasteiger partial charge >= 0.3 is 0 Å². The zero-order valence-corrected chi connectivity index (χ0v) is 13.4. The molecule has 2 aliphatic heterocycles. The van der Waals surface area contributed by atoms with Crippen LogP contribution in [0, 0.1) is 16.7 Å². The Kier molecular flexibility index (Phi) is 2.86. The Morgan fingerprint density at radius 3 is 2.95 bits per heavy atom. The summed E-state index contributed by atoms with van der Waals surface area (Å²) in [5.74, 6) is 1.32. The average Bonchev–Trinajstić information content (AvgIpc) is 3.01. The Hall–Kier alpha value is -1.55. The van der Waals surface area contributed by atoms with Crippen molar-refractivity contribution < 1.29 is 9.53 Å². The van der Waals surface area contributed by atoms with Crippen LogP contribution in [0.25, 0.3) is 0 Å². The SMILES string of the molecule is CC1(C)C[C@]2(C(N)=O)CN(Cc3ccc4c(c3)CCO4)C[C@H]12. The maximum atomic E-state index is 12.0. The van der Waals surface area contributed by atoms with E-state index in [9.17, 15) is 4.79 Å². The quantitative estimate of drug-likeness (QED) is 0.928. The van der Waals surface area contributed by atoms with E-state index in [2.05, 4.69) is 36.9 Å². The molecule has 4 heteroatoms. The second kappa shape index (κ2) is 4.48. The molecule has 1 saturated carbocycles. The molecule has 3 aliphatic rings. The summed E-state index contributed by atoms with van der Waals surface area (Å²) in [6, 6.07) is 6.48. The number of benzene rings is 1. The molecule has 2 N–H and O–H groups in total. The first-order valence-electron chi connectivity index (χ1n) is 8.18. The van der Waals surface area contributed by atoms with E-state index in [-0.39, 0.29) is 16.7 Å². The lowest BCUT2D eigenvalue weighted by atomic mass is 9.48. The molecule has 2 heterocycles. The summed E-state index contributed by atoms with van der Waals surface area (Å²) in [7, 11) is 0. The number of carbonyl (C=O) groups excluding carboxylic acids is 1. The molecule has 1 aromatic rings. The van der Waals surface area contributed by atoms with Crippen molar-refractivity contribution in [3.05, 3.63) is 29.3 Å². The van der Waals surface area contributed by atoms with Gasteiger partial charge in [0.15, 0.2) is 0 Å². The zero-order chi connectivity index (χ0) is 15.5. The fraction of sp³-hybridized carbons (Fsp3) is 0.611. The third-order valence-corrected chi connectivity index (χ3v) is 5.98. The molecule has 2 fully saturated rings. The van der Waals surface area contributed by atoms with Gasteiger partial charge in [-0.3, -0.25) is 9.69 Å². The molecular formula is C18H24N2O2. The maximum absolute atomic E-state index is 12.0. The molecule has 4 nitrogen and oxygen atoms in total. The summed E-state index contributed by atoms with van der Waals surface area (Å²) in [5, 5.41) is 0. The van der Waals surface area contributed by atoms with Gasteiger partial charge in [0.25, 0.3) is 0 Å². The molecular weight excluding hydrogens is 276 g/mol. The number of nitrogens with zero attached hydrogens (tertiary/aromatic N) is 1. The summed E-state index contributed by atoms with van der Waals surface area (Å²) in [4.78, 5) is 14.4. The molecule has 118 valence electrons. The number of rotatable bonds is 3. The van der Waals surface area contributed by atoms with Gasteiger partial charge in [0.2, 0.25) is 5.91 Å². The lowest BCUT2D eigenvalue weighted by molar-refractivity contribution is -0.148. The van der Waals surface area contributed by atoms with Crippen LogP contribution < -0.4 is 10.5 Å². The largest absolute Gasteiger partial charge is 0.493 e. The minimum absolute atomic E-state index is 0.110. The molecule has 0 bridgehead atoms. The summed E-state index contributed by atoms with van der Waals surface area (Å²) in [6.45, 7) is 8.00. The van der Waals surface area contributed by atoms with Crippen LogP contribution in [0.3, 0.4) is 0 Å². The Morgan fingerprint density at radius 2 is 2.27 bits per heavy atom. The Bertz CT molecular complexity index is 640. The van der Waals surface area contributed by atoms with Crippen LogP contribution in [0.15, 0.2) is 18.2 Å². The number of ether oxygens (including phenoxy) is 1. The van der Waals surface area contributed by atoms with E-state index in [0.717, 1.165) is 44.8 Å². The monoisotopic (exact) mass is 300 g/mol. The van der Waals surface area contributed by atoms with E-state index < -0.39 is 0 Å². The molecule has 1 saturated heterocycles. The number of fused-ring (bicyclic) bond motifs is 2. The summed E-state index contributed by atoms with van der Waals surface area (Å²) < 4.78 is 5.57. The van der Waals surface area contributed by atoms with Gasteiger partial charge in [-0.05, 0) is 34.9 Å². The topological polar surface area (TPSA) is 55.6 Å². The van der Waals surface area contributed by atoms with E-state index in [1.807, 2.05) is 0 Å². The number of primary amides is 1. The van der Waals surface area contributed by atoms with Gasteiger partial charge in [0.1, 0.15) is 5.75 Å². The second-order valence-corrected chi connectivity index (χ2v) is 7.95. The number of carbonyl (C=O) groups is 1. The van der Waals surface area contributed by atoms with Crippen LogP contribution in [-0.2, 0) is 17.8 Å². The second-order valence-electron chi connectivity index (χ2n) is 7.95. The Morgan fingerprint density at radius 1 is 1.45 bits per heavy atom. The highest BCUT2D eigenvalue weighted by molar-refractivity contribution is 5.83. The van der Waals surface area contributed by atoms with Crippen LogP contribution >= 0.6 is 0 Å². The minimum Gasteiger partial charge on any atom is -0.493 e. The fourth-order valence-electron chi connectivity index (χ4n) is 5.04. The van der Waals surface area contributed by atoms with Crippen LogP contribution in [0.1, 0.15) is 31.4 Å². The van der Waals surface area contributed by atoms with Crippen LogP contribution in [0.4, 0.5) is 0 Å². The molecule has 1 amide bonds. The van der Waals surface area contributed by atoms with Crippen molar-refractivity contribution in [2.75, 3.05) is 19.7 Å². The maximum Gasteiger partial charge on any atom is 0.225 e.